The van der Waals surface area contributed by atoms with E-state index in [9.17, 15) is 14.9 Å². The maximum atomic E-state index is 12.2. The summed E-state index contributed by atoms with van der Waals surface area (Å²) in [5.74, 6) is -0.000435. The van der Waals surface area contributed by atoms with E-state index in [1.165, 1.54) is 12.1 Å². The maximum Gasteiger partial charge on any atom is 0.310 e. The zero-order chi connectivity index (χ0) is 17.7. The number of rotatable bonds is 6. The first-order valence-corrected chi connectivity index (χ1v) is 8.51. The molecule has 7 heteroatoms. The van der Waals surface area contributed by atoms with Crippen molar-refractivity contribution >= 4 is 23.3 Å². The van der Waals surface area contributed by atoms with Gasteiger partial charge in [-0.2, -0.15) is 0 Å². The quantitative estimate of drug-likeness (QED) is 0.444. The van der Waals surface area contributed by atoms with E-state index in [0.29, 0.717) is 11.5 Å². The standard InChI is InChI=1S/C17H23ClN2O4/c1-19(2)11-13-5-3-4-6-16(13)24-17(21)10-12-7-8-14(18)15(9-12)20(22)23/h7-9,13,16H,3-6,10-11H2,1-2H3/t13-,16-/m1/s1. The number of hydrogen-bond donors (Lipinski definition) is 0. The van der Waals surface area contributed by atoms with Crippen molar-refractivity contribution in [3.8, 4) is 0 Å². The van der Waals surface area contributed by atoms with Gasteiger partial charge < -0.3 is 9.64 Å². The molecule has 0 heterocycles. The molecule has 0 N–H and O–H groups in total. The van der Waals surface area contributed by atoms with Crippen LogP contribution in [-0.4, -0.2) is 42.5 Å². The zero-order valence-corrected chi connectivity index (χ0v) is 14.8. The summed E-state index contributed by atoms with van der Waals surface area (Å²) >= 11 is 5.79. The van der Waals surface area contributed by atoms with Gasteiger partial charge >= 0.3 is 5.97 Å². The van der Waals surface area contributed by atoms with E-state index >= 15 is 0 Å². The number of nitro benzene ring substituents is 1. The van der Waals surface area contributed by atoms with Gasteiger partial charge in [0.05, 0.1) is 11.3 Å². The van der Waals surface area contributed by atoms with Gasteiger partial charge in [-0.1, -0.05) is 24.1 Å². The molecule has 0 unspecified atom stereocenters. The molecule has 0 spiro atoms. The minimum absolute atomic E-state index is 0.0171. The van der Waals surface area contributed by atoms with Crippen molar-refractivity contribution in [1.29, 1.82) is 0 Å². The maximum absolute atomic E-state index is 12.2. The number of esters is 1. The molecule has 1 aromatic rings. The highest BCUT2D eigenvalue weighted by Crippen LogP contribution is 2.28. The van der Waals surface area contributed by atoms with Gasteiger partial charge in [0.1, 0.15) is 11.1 Å². The smallest absolute Gasteiger partial charge is 0.310 e. The molecule has 1 saturated carbocycles. The molecule has 0 saturated heterocycles. The van der Waals surface area contributed by atoms with Crippen LogP contribution in [0.15, 0.2) is 18.2 Å². The highest BCUT2D eigenvalue weighted by atomic mass is 35.5. The Kier molecular flexibility index (Phi) is 6.57. The summed E-state index contributed by atoms with van der Waals surface area (Å²) in [7, 11) is 4.03. The Morgan fingerprint density at radius 3 is 2.75 bits per heavy atom. The molecule has 0 aromatic heterocycles. The van der Waals surface area contributed by atoms with E-state index in [1.807, 2.05) is 14.1 Å². The van der Waals surface area contributed by atoms with E-state index in [0.717, 1.165) is 32.2 Å². The molecule has 0 amide bonds. The summed E-state index contributed by atoms with van der Waals surface area (Å²) in [6.07, 6.45) is 4.11. The summed E-state index contributed by atoms with van der Waals surface area (Å²) in [4.78, 5) is 24.7. The van der Waals surface area contributed by atoms with Gasteiger partial charge in [0.15, 0.2) is 0 Å². The minimum Gasteiger partial charge on any atom is -0.462 e. The van der Waals surface area contributed by atoms with Gasteiger partial charge in [-0.15, -0.1) is 0 Å². The minimum atomic E-state index is -0.550. The number of nitrogens with zero attached hydrogens (tertiary/aromatic N) is 2. The Morgan fingerprint density at radius 1 is 1.38 bits per heavy atom. The van der Waals surface area contributed by atoms with E-state index < -0.39 is 4.92 Å². The van der Waals surface area contributed by atoms with Crippen molar-refractivity contribution in [2.24, 2.45) is 5.92 Å². The Balaban J connectivity index is 1.99. The van der Waals surface area contributed by atoms with Crippen molar-refractivity contribution in [2.45, 2.75) is 38.2 Å². The lowest BCUT2D eigenvalue weighted by atomic mass is 9.86. The number of nitro groups is 1. The van der Waals surface area contributed by atoms with Crippen LogP contribution in [0.25, 0.3) is 0 Å². The molecular formula is C17H23ClN2O4. The molecule has 0 bridgehead atoms. The van der Waals surface area contributed by atoms with Crippen molar-refractivity contribution in [1.82, 2.24) is 4.90 Å². The second-order valence-corrected chi connectivity index (χ2v) is 6.96. The van der Waals surface area contributed by atoms with Crippen molar-refractivity contribution in [2.75, 3.05) is 20.6 Å². The van der Waals surface area contributed by atoms with Gasteiger partial charge in [-0.05, 0) is 45.0 Å². The number of carbonyl (C=O) groups is 1. The van der Waals surface area contributed by atoms with Gasteiger partial charge in [-0.3, -0.25) is 14.9 Å². The average molecular weight is 355 g/mol. The van der Waals surface area contributed by atoms with Crippen molar-refractivity contribution in [3.05, 3.63) is 38.9 Å². The predicted octanol–water partition coefficient (Wildman–Crippen LogP) is 3.45. The average Bonchev–Trinajstić information content (AvgIpc) is 2.50. The van der Waals surface area contributed by atoms with Gasteiger partial charge in [-0.25, -0.2) is 0 Å². The van der Waals surface area contributed by atoms with E-state index in [2.05, 4.69) is 4.90 Å². The third kappa shape index (κ3) is 5.18. The van der Waals surface area contributed by atoms with Crippen LogP contribution in [0, 0.1) is 16.0 Å². The third-order valence-electron chi connectivity index (χ3n) is 4.28. The number of benzene rings is 1. The summed E-state index contributed by atoms with van der Waals surface area (Å²) in [5.41, 5.74) is 0.348. The molecule has 0 radical (unpaired) electrons. The molecule has 24 heavy (non-hydrogen) atoms. The first-order chi connectivity index (χ1) is 11.4. The van der Waals surface area contributed by atoms with Crippen LogP contribution >= 0.6 is 11.6 Å². The Morgan fingerprint density at radius 2 is 2.08 bits per heavy atom. The van der Waals surface area contributed by atoms with Crippen molar-refractivity contribution < 1.29 is 14.5 Å². The monoisotopic (exact) mass is 354 g/mol. The lowest BCUT2D eigenvalue weighted by molar-refractivity contribution is -0.384. The third-order valence-corrected chi connectivity index (χ3v) is 4.60. The molecule has 1 aliphatic rings. The van der Waals surface area contributed by atoms with Crippen LogP contribution in [0.3, 0.4) is 0 Å². The fourth-order valence-corrected chi connectivity index (χ4v) is 3.38. The summed E-state index contributed by atoms with van der Waals surface area (Å²) < 4.78 is 5.67. The molecule has 2 rings (SSSR count). The molecule has 1 fully saturated rings. The molecule has 1 aliphatic carbocycles. The van der Waals surface area contributed by atoms with Crippen LogP contribution in [0.5, 0.6) is 0 Å². The number of carbonyl (C=O) groups excluding carboxylic acids is 1. The summed E-state index contributed by atoms with van der Waals surface area (Å²) in [6.45, 7) is 0.893. The van der Waals surface area contributed by atoms with E-state index in [-0.39, 0.29) is 29.2 Å². The second-order valence-electron chi connectivity index (χ2n) is 6.55. The Bertz CT molecular complexity index is 606. The lowest BCUT2D eigenvalue weighted by Crippen LogP contribution is -2.36. The van der Waals surface area contributed by atoms with E-state index in [1.54, 1.807) is 6.07 Å². The second kappa shape index (κ2) is 8.44. The van der Waals surface area contributed by atoms with Crippen LogP contribution in [0.1, 0.15) is 31.2 Å². The predicted molar refractivity (Wildman–Crippen MR) is 92.2 cm³/mol. The Hall–Kier alpha value is -1.66. The molecular weight excluding hydrogens is 332 g/mol. The highest BCUT2D eigenvalue weighted by Gasteiger charge is 2.28. The number of halogens is 1. The van der Waals surface area contributed by atoms with Gasteiger partial charge in [0, 0.05) is 18.5 Å². The van der Waals surface area contributed by atoms with Crippen LogP contribution in [-0.2, 0) is 16.0 Å². The van der Waals surface area contributed by atoms with Crippen LogP contribution in [0.2, 0.25) is 5.02 Å². The Labute approximate surface area is 146 Å². The summed E-state index contributed by atoms with van der Waals surface area (Å²) in [6, 6.07) is 4.40. The molecule has 0 aliphatic heterocycles. The fourth-order valence-electron chi connectivity index (χ4n) is 3.19. The molecule has 1 aromatic carbocycles. The SMILES string of the molecule is CN(C)C[C@H]1CCCC[C@H]1OC(=O)Cc1ccc(Cl)c([N+](=O)[O-])c1. The fraction of sp³-hybridized carbons (Fsp3) is 0.588. The van der Waals surface area contributed by atoms with Crippen LogP contribution < -0.4 is 0 Å². The topological polar surface area (TPSA) is 72.7 Å². The normalized spacial score (nSPS) is 20.8. The highest BCUT2D eigenvalue weighted by molar-refractivity contribution is 6.32. The number of hydrogen-bond acceptors (Lipinski definition) is 5. The lowest BCUT2D eigenvalue weighted by Gasteiger charge is -2.32. The first-order valence-electron chi connectivity index (χ1n) is 8.14. The van der Waals surface area contributed by atoms with Crippen LogP contribution in [0.4, 0.5) is 5.69 Å². The van der Waals surface area contributed by atoms with E-state index in [4.69, 9.17) is 16.3 Å². The first kappa shape index (κ1) is 18.7. The zero-order valence-electron chi connectivity index (χ0n) is 14.0. The van der Waals surface area contributed by atoms with Crippen molar-refractivity contribution in [3.63, 3.8) is 0 Å². The molecule has 132 valence electrons. The van der Waals surface area contributed by atoms with Gasteiger partial charge in [0.2, 0.25) is 0 Å². The summed E-state index contributed by atoms with van der Waals surface area (Å²) in [5, 5.41) is 11.0. The largest absolute Gasteiger partial charge is 0.462 e. The number of ether oxygens (including phenoxy) is 1. The molecule has 6 nitrogen and oxygen atoms in total. The molecule has 2 atom stereocenters. The van der Waals surface area contributed by atoms with Gasteiger partial charge in [0.25, 0.3) is 5.69 Å².